The van der Waals surface area contributed by atoms with E-state index in [9.17, 15) is 9.59 Å². The molecule has 0 aromatic heterocycles. The Hall–Kier alpha value is -1.84. The highest BCUT2D eigenvalue weighted by atomic mass is 16.2. The zero-order chi connectivity index (χ0) is 16.5. The second kappa shape index (κ2) is 9.23. The Kier molecular flexibility index (Phi) is 7.64. The van der Waals surface area contributed by atoms with E-state index in [-0.39, 0.29) is 11.8 Å². The molecule has 0 unspecified atom stereocenters. The van der Waals surface area contributed by atoms with Crippen LogP contribution in [0.25, 0.3) is 0 Å². The SMILES string of the molecule is CCCCN(CCC(=O)Nc1ccc(C(C)C)cc1)C(C)=O. The largest absolute Gasteiger partial charge is 0.342 e. The van der Waals surface area contributed by atoms with Gasteiger partial charge in [0, 0.05) is 32.1 Å². The summed E-state index contributed by atoms with van der Waals surface area (Å²) >= 11 is 0. The van der Waals surface area contributed by atoms with Crippen molar-refractivity contribution < 1.29 is 9.59 Å². The first kappa shape index (κ1) is 18.2. The third-order valence-electron chi connectivity index (χ3n) is 3.70. The van der Waals surface area contributed by atoms with Crippen molar-refractivity contribution in [1.29, 1.82) is 0 Å². The lowest BCUT2D eigenvalue weighted by Gasteiger charge is -2.20. The van der Waals surface area contributed by atoms with Crippen LogP contribution in [0.5, 0.6) is 0 Å². The number of anilines is 1. The molecule has 2 amide bonds. The summed E-state index contributed by atoms with van der Waals surface area (Å²) in [4.78, 5) is 25.2. The van der Waals surface area contributed by atoms with Crippen LogP contribution < -0.4 is 5.32 Å². The molecule has 0 aliphatic carbocycles. The molecule has 0 saturated carbocycles. The van der Waals surface area contributed by atoms with Crippen molar-refractivity contribution in [3.05, 3.63) is 29.8 Å². The van der Waals surface area contributed by atoms with Gasteiger partial charge in [-0.3, -0.25) is 9.59 Å². The lowest BCUT2D eigenvalue weighted by atomic mass is 10.0. The van der Waals surface area contributed by atoms with E-state index >= 15 is 0 Å². The van der Waals surface area contributed by atoms with Gasteiger partial charge in [-0.25, -0.2) is 0 Å². The monoisotopic (exact) mass is 304 g/mol. The van der Waals surface area contributed by atoms with E-state index in [2.05, 4.69) is 26.1 Å². The van der Waals surface area contributed by atoms with Crippen molar-refractivity contribution in [3.8, 4) is 0 Å². The minimum absolute atomic E-state index is 0.0301. The van der Waals surface area contributed by atoms with Gasteiger partial charge in [-0.2, -0.15) is 0 Å². The van der Waals surface area contributed by atoms with Crippen LogP contribution in [0.4, 0.5) is 5.69 Å². The second-order valence-corrected chi connectivity index (χ2v) is 5.93. The van der Waals surface area contributed by atoms with E-state index in [0.717, 1.165) is 25.1 Å². The Bertz CT molecular complexity index is 480. The van der Waals surface area contributed by atoms with Gasteiger partial charge in [0.2, 0.25) is 11.8 Å². The number of hydrogen-bond acceptors (Lipinski definition) is 2. The van der Waals surface area contributed by atoms with E-state index in [4.69, 9.17) is 0 Å². The van der Waals surface area contributed by atoms with Gasteiger partial charge in [0.15, 0.2) is 0 Å². The van der Waals surface area contributed by atoms with Gasteiger partial charge < -0.3 is 10.2 Å². The molecular formula is C18H28N2O2. The van der Waals surface area contributed by atoms with Gasteiger partial charge in [0.05, 0.1) is 0 Å². The van der Waals surface area contributed by atoms with Crippen molar-refractivity contribution in [2.24, 2.45) is 0 Å². The van der Waals surface area contributed by atoms with Gasteiger partial charge in [-0.1, -0.05) is 39.3 Å². The molecule has 0 spiro atoms. The maximum absolute atomic E-state index is 12.0. The zero-order valence-electron chi connectivity index (χ0n) is 14.2. The third-order valence-corrected chi connectivity index (χ3v) is 3.70. The average Bonchev–Trinajstić information content (AvgIpc) is 2.47. The van der Waals surface area contributed by atoms with Crippen LogP contribution in [-0.4, -0.2) is 29.8 Å². The lowest BCUT2D eigenvalue weighted by molar-refractivity contribution is -0.129. The number of carbonyl (C=O) groups excluding carboxylic acids is 2. The first-order valence-corrected chi connectivity index (χ1v) is 8.09. The van der Waals surface area contributed by atoms with Crippen LogP contribution in [-0.2, 0) is 9.59 Å². The van der Waals surface area contributed by atoms with Gasteiger partial charge >= 0.3 is 0 Å². The molecule has 122 valence electrons. The number of amides is 2. The van der Waals surface area contributed by atoms with Gasteiger partial charge in [0.1, 0.15) is 0 Å². The molecule has 0 aliphatic rings. The molecule has 0 heterocycles. The number of nitrogens with zero attached hydrogens (tertiary/aromatic N) is 1. The van der Waals surface area contributed by atoms with Crippen LogP contribution in [0.1, 0.15) is 58.4 Å². The smallest absolute Gasteiger partial charge is 0.226 e. The summed E-state index contributed by atoms with van der Waals surface area (Å²) in [6, 6.07) is 7.91. The molecule has 22 heavy (non-hydrogen) atoms. The van der Waals surface area contributed by atoms with Crippen LogP contribution in [0.2, 0.25) is 0 Å². The molecule has 0 bridgehead atoms. The van der Waals surface area contributed by atoms with E-state index < -0.39 is 0 Å². The van der Waals surface area contributed by atoms with Gasteiger partial charge in [-0.05, 0) is 30.0 Å². The molecule has 1 aromatic rings. The number of nitrogens with one attached hydrogen (secondary N) is 1. The minimum Gasteiger partial charge on any atom is -0.342 e. The fourth-order valence-corrected chi connectivity index (χ4v) is 2.19. The number of benzene rings is 1. The number of rotatable bonds is 8. The van der Waals surface area contributed by atoms with Crippen molar-refractivity contribution in [2.45, 2.75) is 52.9 Å². The highest BCUT2D eigenvalue weighted by Gasteiger charge is 2.11. The van der Waals surface area contributed by atoms with Gasteiger partial charge in [-0.15, -0.1) is 0 Å². The Balaban J connectivity index is 2.46. The van der Waals surface area contributed by atoms with Crippen LogP contribution >= 0.6 is 0 Å². The maximum Gasteiger partial charge on any atom is 0.226 e. The third kappa shape index (κ3) is 6.29. The van der Waals surface area contributed by atoms with Crippen molar-refractivity contribution in [3.63, 3.8) is 0 Å². The predicted molar refractivity (Wildman–Crippen MR) is 90.9 cm³/mol. The molecule has 0 saturated heterocycles. The van der Waals surface area contributed by atoms with Crippen LogP contribution in [0, 0.1) is 0 Å². The fraction of sp³-hybridized carbons (Fsp3) is 0.556. The van der Waals surface area contributed by atoms with E-state index in [0.29, 0.717) is 18.9 Å². The molecule has 0 aliphatic heterocycles. The molecule has 4 nitrogen and oxygen atoms in total. The molecule has 4 heteroatoms. The quantitative estimate of drug-likeness (QED) is 0.794. The molecule has 1 rings (SSSR count). The minimum atomic E-state index is -0.0555. The van der Waals surface area contributed by atoms with Crippen molar-refractivity contribution in [2.75, 3.05) is 18.4 Å². The van der Waals surface area contributed by atoms with Gasteiger partial charge in [0.25, 0.3) is 0 Å². The number of hydrogen-bond donors (Lipinski definition) is 1. The van der Waals surface area contributed by atoms with E-state index in [1.165, 1.54) is 5.56 Å². The van der Waals surface area contributed by atoms with Crippen molar-refractivity contribution in [1.82, 2.24) is 4.90 Å². The summed E-state index contributed by atoms with van der Waals surface area (Å²) < 4.78 is 0. The summed E-state index contributed by atoms with van der Waals surface area (Å²) in [7, 11) is 0. The molecule has 1 aromatic carbocycles. The Morgan fingerprint density at radius 3 is 2.27 bits per heavy atom. The average molecular weight is 304 g/mol. The number of unbranched alkanes of at least 4 members (excludes halogenated alkanes) is 1. The highest BCUT2D eigenvalue weighted by molar-refractivity contribution is 5.91. The normalized spacial score (nSPS) is 10.6. The topological polar surface area (TPSA) is 49.4 Å². The fourth-order valence-electron chi connectivity index (χ4n) is 2.19. The van der Waals surface area contributed by atoms with Crippen LogP contribution in [0.3, 0.4) is 0 Å². The maximum atomic E-state index is 12.0. The molecule has 0 atom stereocenters. The summed E-state index contributed by atoms with van der Waals surface area (Å²) in [5.74, 6) is 0.454. The zero-order valence-corrected chi connectivity index (χ0v) is 14.2. The highest BCUT2D eigenvalue weighted by Crippen LogP contribution is 2.17. The molecule has 1 N–H and O–H groups in total. The first-order chi connectivity index (χ1) is 10.4. The molecule has 0 radical (unpaired) electrons. The Morgan fingerprint density at radius 1 is 1.14 bits per heavy atom. The van der Waals surface area contributed by atoms with E-state index in [1.54, 1.807) is 11.8 Å². The second-order valence-electron chi connectivity index (χ2n) is 5.93. The lowest BCUT2D eigenvalue weighted by Crippen LogP contribution is -2.32. The van der Waals surface area contributed by atoms with E-state index in [1.807, 2.05) is 24.3 Å². The summed E-state index contributed by atoms with van der Waals surface area (Å²) in [6.07, 6.45) is 2.34. The standard InChI is InChI=1S/C18H28N2O2/c1-5-6-12-20(15(4)21)13-11-18(22)19-17-9-7-16(8-10-17)14(2)3/h7-10,14H,5-6,11-13H2,1-4H3,(H,19,22). The number of carbonyl (C=O) groups is 2. The summed E-state index contributed by atoms with van der Waals surface area (Å²) in [5.41, 5.74) is 2.05. The summed E-state index contributed by atoms with van der Waals surface area (Å²) in [6.45, 7) is 9.12. The Morgan fingerprint density at radius 2 is 1.77 bits per heavy atom. The van der Waals surface area contributed by atoms with Crippen LogP contribution in [0.15, 0.2) is 24.3 Å². The molecular weight excluding hydrogens is 276 g/mol. The predicted octanol–water partition coefficient (Wildman–Crippen LogP) is 3.79. The molecule has 0 fully saturated rings. The Labute approximate surface area is 133 Å². The summed E-state index contributed by atoms with van der Waals surface area (Å²) in [5, 5.41) is 2.88. The first-order valence-electron chi connectivity index (χ1n) is 8.09. The van der Waals surface area contributed by atoms with Crippen molar-refractivity contribution >= 4 is 17.5 Å².